The predicted molar refractivity (Wildman–Crippen MR) is 119 cm³/mol. The lowest BCUT2D eigenvalue weighted by atomic mass is 10.0. The molecular weight excluding hydrogens is 436 g/mol. The highest BCUT2D eigenvalue weighted by molar-refractivity contribution is 6.31. The Hall–Kier alpha value is -3.43. The number of nitrogens with zero attached hydrogens (tertiary/aromatic N) is 3. The standard InChI is InChI=1S/C22H21ClN4O5/c1-32-22(29)20(15-4-2-3-5-18(15)23)25-8-10-26(11-9-25)21(28)17-13-24-19-7-6-14(27(30)31)12-16(17)19/h2-7,12-13,20,24H,8-11H2,1H3. The summed E-state index contributed by atoms with van der Waals surface area (Å²) in [6, 6.07) is 10.8. The summed E-state index contributed by atoms with van der Waals surface area (Å²) in [5, 5.41) is 12.1. The highest BCUT2D eigenvalue weighted by Crippen LogP contribution is 2.30. The number of nitro benzene ring substituents is 1. The van der Waals surface area contributed by atoms with E-state index in [2.05, 4.69) is 4.98 Å². The Balaban J connectivity index is 1.53. The fraction of sp³-hybridized carbons (Fsp3) is 0.273. The van der Waals surface area contributed by atoms with Crippen LogP contribution in [0.3, 0.4) is 0 Å². The maximum atomic E-state index is 13.2. The average molecular weight is 457 g/mol. The molecule has 1 aliphatic rings. The van der Waals surface area contributed by atoms with E-state index in [0.29, 0.717) is 53.2 Å². The van der Waals surface area contributed by atoms with E-state index < -0.39 is 16.9 Å². The average Bonchev–Trinajstić information content (AvgIpc) is 3.23. The van der Waals surface area contributed by atoms with E-state index in [0.717, 1.165) is 0 Å². The summed E-state index contributed by atoms with van der Waals surface area (Å²) in [5.74, 6) is -0.634. The molecule has 0 aliphatic carbocycles. The van der Waals surface area contributed by atoms with Crippen molar-refractivity contribution in [3.63, 3.8) is 0 Å². The molecule has 166 valence electrons. The van der Waals surface area contributed by atoms with E-state index in [1.54, 1.807) is 35.4 Å². The lowest BCUT2D eigenvalue weighted by Gasteiger charge is -2.38. The van der Waals surface area contributed by atoms with Gasteiger partial charge < -0.3 is 14.6 Å². The molecule has 2 aromatic carbocycles. The second-order valence-corrected chi connectivity index (χ2v) is 7.87. The first-order chi connectivity index (χ1) is 15.4. The van der Waals surface area contributed by atoms with Crippen molar-refractivity contribution in [2.75, 3.05) is 33.3 Å². The van der Waals surface area contributed by atoms with Crippen LogP contribution in [-0.4, -0.2) is 64.9 Å². The van der Waals surface area contributed by atoms with Crippen LogP contribution in [0.1, 0.15) is 22.0 Å². The number of aromatic amines is 1. The van der Waals surface area contributed by atoms with Crippen LogP contribution in [0.4, 0.5) is 5.69 Å². The number of ether oxygens (including phenoxy) is 1. The minimum absolute atomic E-state index is 0.0726. The smallest absolute Gasteiger partial charge is 0.327 e. The maximum Gasteiger partial charge on any atom is 0.327 e. The second kappa shape index (κ2) is 8.97. The zero-order chi connectivity index (χ0) is 22.8. The number of hydrogen-bond acceptors (Lipinski definition) is 6. The van der Waals surface area contributed by atoms with E-state index in [9.17, 15) is 19.7 Å². The second-order valence-electron chi connectivity index (χ2n) is 7.46. The monoisotopic (exact) mass is 456 g/mol. The van der Waals surface area contributed by atoms with Crippen molar-refractivity contribution < 1.29 is 19.2 Å². The molecule has 9 nitrogen and oxygen atoms in total. The SMILES string of the molecule is COC(=O)C(c1ccccc1Cl)N1CCN(C(=O)c2c[nH]c3ccc([N+](=O)[O-])cc23)CC1. The third-order valence-electron chi connectivity index (χ3n) is 5.70. The molecule has 4 rings (SSSR count). The van der Waals surface area contributed by atoms with Gasteiger partial charge in [-0.2, -0.15) is 0 Å². The van der Waals surface area contributed by atoms with Crippen LogP contribution in [-0.2, 0) is 9.53 Å². The van der Waals surface area contributed by atoms with Gasteiger partial charge in [0, 0.05) is 60.4 Å². The van der Waals surface area contributed by atoms with Crippen LogP contribution in [0.2, 0.25) is 5.02 Å². The largest absolute Gasteiger partial charge is 0.468 e. The van der Waals surface area contributed by atoms with Crippen molar-refractivity contribution in [1.29, 1.82) is 0 Å². The minimum Gasteiger partial charge on any atom is -0.468 e. The van der Waals surface area contributed by atoms with Gasteiger partial charge in [0.15, 0.2) is 0 Å². The molecule has 1 aromatic heterocycles. The maximum absolute atomic E-state index is 13.2. The van der Waals surface area contributed by atoms with Gasteiger partial charge in [0.2, 0.25) is 0 Å². The van der Waals surface area contributed by atoms with Gasteiger partial charge in [-0.1, -0.05) is 29.8 Å². The van der Waals surface area contributed by atoms with E-state index in [4.69, 9.17) is 16.3 Å². The van der Waals surface area contributed by atoms with E-state index >= 15 is 0 Å². The molecular formula is C22H21ClN4O5. The van der Waals surface area contributed by atoms with Gasteiger partial charge in [-0.05, 0) is 17.7 Å². The molecule has 1 saturated heterocycles. The quantitative estimate of drug-likeness (QED) is 0.358. The number of carbonyl (C=O) groups is 2. The molecule has 10 heteroatoms. The number of fused-ring (bicyclic) bond motifs is 1. The highest BCUT2D eigenvalue weighted by atomic mass is 35.5. The number of halogens is 1. The number of piperazine rings is 1. The number of benzene rings is 2. The Morgan fingerprint density at radius 3 is 2.53 bits per heavy atom. The number of carbonyl (C=O) groups excluding carboxylic acids is 2. The number of H-pyrrole nitrogens is 1. The molecule has 1 amide bonds. The first kappa shape index (κ1) is 21.8. The molecule has 3 aromatic rings. The van der Waals surface area contributed by atoms with Gasteiger partial charge in [0.1, 0.15) is 6.04 Å². The Morgan fingerprint density at radius 1 is 1.16 bits per heavy atom. The molecule has 0 bridgehead atoms. The molecule has 1 unspecified atom stereocenters. The van der Waals surface area contributed by atoms with E-state index in [-0.39, 0.29) is 11.6 Å². The zero-order valence-corrected chi connectivity index (χ0v) is 18.0. The Labute approximate surface area is 188 Å². The van der Waals surface area contributed by atoms with Gasteiger partial charge in [0.05, 0.1) is 17.6 Å². The highest BCUT2D eigenvalue weighted by Gasteiger charge is 2.34. The fourth-order valence-corrected chi connectivity index (χ4v) is 4.27. The number of esters is 1. The fourth-order valence-electron chi connectivity index (χ4n) is 4.03. The summed E-state index contributed by atoms with van der Waals surface area (Å²) in [6.07, 6.45) is 1.57. The number of rotatable bonds is 5. The van der Waals surface area contributed by atoms with Gasteiger partial charge >= 0.3 is 5.97 Å². The molecule has 1 atom stereocenters. The lowest BCUT2D eigenvalue weighted by molar-refractivity contribution is -0.384. The molecule has 32 heavy (non-hydrogen) atoms. The molecule has 1 aliphatic heterocycles. The van der Waals surface area contributed by atoms with Crippen LogP contribution in [0.25, 0.3) is 10.9 Å². The van der Waals surface area contributed by atoms with Crippen LogP contribution in [0, 0.1) is 10.1 Å². The van der Waals surface area contributed by atoms with Crippen molar-refractivity contribution >= 4 is 40.1 Å². The summed E-state index contributed by atoms with van der Waals surface area (Å²) < 4.78 is 5.01. The first-order valence-electron chi connectivity index (χ1n) is 10.0. The molecule has 0 saturated carbocycles. The van der Waals surface area contributed by atoms with Crippen LogP contribution in [0.5, 0.6) is 0 Å². The molecule has 2 heterocycles. The summed E-state index contributed by atoms with van der Waals surface area (Å²) in [7, 11) is 1.34. The molecule has 0 spiro atoms. The van der Waals surface area contributed by atoms with Crippen molar-refractivity contribution in [2.24, 2.45) is 0 Å². The van der Waals surface area contributed by atoms with Crippen molar-refractivity contribution in [1.82, 2.24) is 14.8 Å². The Morgan fingerprint density at radius 2 is 1.88 bits per heavy atom. The van der Waals surface area contributed by atoms with E-state index in [1.165, 1.54) is 19.2 Å². The Kier molecular flexibility index (Phi) is 6.11. The number of aromatic nitrogens is 1. The number of nitro groups is 1. The first-order valence-corrected chi connectivity index (χ1v) is 10.4. The topological polar surface area (TPSA) is 109 Å². The summed E-state index contributed by atoms with van der Waals surface area (Å²) >= 11 is 6.33. The van der Waals surface area contributed by atoms with Gasteiger partial charge in [-0.25, -0.2) is 4.79 Å². The summed E-state index contributed by atoms with van der Waals surface area (Å²) in [5.41, 5.74) is 1.62. The summed E-state index contributed by atoms with van der Waals surface area (Å²) in [4.78, 5) is 42.9. The Bertz CT molecular complexity index is 1190. The van der Waals surface area contributed by atoms with Gasteiger partial charge in [-0.3, -0.25) is 19.8 Å². The normalized spacial score (nSPS) is 15.5. The third kappa shape index (κ3) is 4.04. The molecule has 1 N–H and O–H groups in total. The lowest BCUT2D eigenvalue weighted by Crippen LogP contribution is -2.51. The van der Waals surface area contributed by atoms with Gasteiger partial charge in [-0.15, -0.1) is 0 Å². The zero-order valence-electron chi connectivity index (χ0n) is 17.3. The van der Waals surface area contributed by atoms with Crippen LogP contribution >= 0.6 is 11.6 Å². The minimum atomic E-state index is -0.665. The van der Waals surface area contributed by atoms with Crippen LogP contribution < -0.4 is 0 Å². The number of hydrogen-bond donors (Lipinski definition) is 1. The van der Waals surface area contributed by atoms with Crippen LogP contribution in [0.15, 0.2) is 48.7 Å². The number of non-ortho nitro benzene ring substituents is 1. The van der Waals surface area contributed by atoms with E-state index in [1.807, 2.05) is 11.0 Å². The van der Waals surface area contributed by atoms with Gasteiger partial charge in [0.25, 0.3) is 11.6 Å². The molecule has 0 radical (unpaired) electrons. The third-order valence-corrected chi connectivity index (χ3v) is 6.04. The van der Waals surface area contributed by atoms with Crippen molar-refractivity contribution in [3.8, 4) is 0 Å². The predicted octanol–water partition coefficient (Wildman–Crippen LogP) is 3.40. The number of methoxy groups -OCH3 is 1. The number of amides is 1. The number of nitrogens with one attached hydrogen (secondary N) is 1. The summed E-state index contributed by atoms with van der Waals surface area (Å²) in [6.45, 7) is 1.66. The van der Waals surface area contributed by atoms with Crippen molar-refractivity contribution in [3.05, 3.63) is 74.9 Å². The molecule has 1 fully saturated rings. The van der Waals surface area contributed by atoms with Crippen molar-refractivity contribution in [2.45, 2.75) is 6.04 Å².